The Morgan fingerprint density at radius 2 is 1.93 bits per heavy atom. The topological polar surface area (TPSA) is 77.0 Å². The lowest BCUT2D eigenvalue weighted by Crippen LogP contribution is -2.19. The minimum Gasteiger partial charge on any atom is -0.466 e. The number of hydrogen-bond donors (Lipinski definition) is 1. The van der Waals surface area contributed by atoms with Crippen molar-refractivity contribution >= 4 is 18.3 Å². The third-order valence-electron chi connectivity index (χ3n) is 1.09. The Kier molecular flexibility index (Phi) is 7.12. The second-order valence-electron chi connectivity index (χ2n) is 2.15. The first kappa shape index (κ1) is 12.4. The van der Waals surface area contributed by atoms with Crippen LogP contribution in [0.25, 0.3) is 0 Å². The van der Waals surface area contributed by atoms with Crippen molar-refractivity contribution in [3.8, 4) is 0 Å². The molecule has 0 aliphatic heterocycles. The van der Waals surface area contributed by atoms with E-state index in [0.29, 0.717) is 6.61 Å². The summed E-state index contributed by atoms with van der Waals surface area (Å²) in [5, 5.41) is 3.46. The first-order chi connectivity index (χ1) is 6.70. The SMILES string of the molecule is CCOC(=O)C/C=N\NC(=O)OCC. The van der Waals surface area contributed by atoms with Gasteiger partial charge >= 0.3 is 12.1 Å². The summed E-state index contributed by atoms with van der Waals surface area (Å²) in [6.45, 7) is 4.00. The van der Waals surface area contributed by atoms with Crippen LogP contribution in [0.5, 0.6) is 0 Å². The second kappa shape index (κ2) is 8.03. The fourth-order valence-electron chi connectivity index (χ4n) is 0.602. The molecule has 80 valence electrons. The van der Waals surface area contributed by atoms with E-state index in [1.165, 1.54) is 6.21 Å². The van der Waals surface area contributed by atoms with Gasteiger partial charge in [0.2, 0.25) is 0 Å². The summed E-state index contributed by atoms with van der Waals surface area (Å²) in [6, 6.07) is 0. The van der Waals surface area contributed by atoms with E-state index < -0.39 is 6.09 Å². The standard InChI is InChI=1S/C8H14N2O4/c1-3-13-7(11)5-6-9-10-8(12)14-4-2/h6H,3-5H2,1-2H3,(H,10,12)/b9-6-. The van der Waals surface area contributed by atoms with E-state index in [0.717, 1.165) is 0 Å². The summed E-state index contributed by atoms with van der Waals surface area (Å²) in [5.74, 6) is -0.387. The van der Waals surface area contributed by atoms with Gasteiger partial charge in [-0.05, 0) is 13.8 Å². The van der Waals surface area contributed by atoms with Gasteiger partial charge in [-0.15, -0.1) is 0 Å². The third-order valence-corrected chi connectivity index (χ3v) is 1.09. The van der Waals surface area contributed by atoms with Gasteiger partial charge in [0, 0.05) is 6.21 Å². The highest BCUT2D eigenvalue weighted by molar-refractivity contribution is 5.86. The molecule has 0 aromatic carbocycles. The van der Waals surface area contributed by atoms with Crippen LogP contribution in [0.1, 0.15) is 20.3 Å². The quantitative estimate of drug-likeness (QED) is 0.404. The predicted octanol–water partition coefficient (Wildman–Crippen LogP) is 0.671. The Balaban J connectivity index is 3.53. The van der Waals surface area contributed by atoms with Crippen LogP contribution in [0.2, 0.25) is 0 Å². The van der Waals surface area contributed by atoms with Crippen molar-refractivity contribution in [3.05, 3.63) is 0 Å². The molecule has 0 bridgehead atoms. The number of nitrogens with one attached hydrogen (secondary N) is 1. The normalized spacial score (nSPS) is 9.86. The van der Waals surface area contributed by atoms with Gasteiger partial charge in [0.05, 0.1) is 19.6 Å². The molecule has 1 amide bonds. The van der Waals surface area contributed by atoms with Gasteiger partial charge in [-0.2, -0.15) is 5.10 Å². The Bertz CT molecular complexity index is 193. The number of carbonyl (C=O) groups excluding carboxylic acids is 2. The molecule has 0 fully saturated rings. The highest BCUT2D eigenvalue weighted by Crippen LogP contribution is 1.82. The number of esters is 1. The maximum atomic E-state index is 10.8. The molecule has 6 heteroatoms. The van der Waals surface area contributed by atoms with Crippen molar-refractivity contribution in [2.75, 3.05) is 13.2 Å². The molecular formula is C8H14N2O4. The Labute approximate surface area is 82.3 Å². The van der Waals surface area contributed by atoms with Crippen LogP contribution < -0.4 is 5.43 Å². The molecule has 0 saturated carbocycles. The summed E-state index contributed by atoms with van der Waals surface area (Å²) < 4.78 is 9.14. The minimum atomic E-state index is -0.646. The Morgan fingerprint density at radius 3 is 2.50 bits per heavy atom. The average molecular weight is 202 g/mol. The van der Waals surface area contributed by atoms with Crippen LogP contribution in [-0.4, -0.2) is 31.5 Å². The fourth-order valence-corrected chi connectivity index (χ4v) is 0.602. The summed E-state index contributed by atoms with van der Waals surface area (Å²) >= 11 is 0. The molecule has 1 N–H and O–H groups in total. The molecular weight excluding hydrogens is 188 g/mol. The zero-order valence-electron chi connectivity index (χ0n) is 8.28. The molecule has 0 unspecified atom stereocenters. The first-order valence-corrected chi connectivity index (χ1v) is 4.30. The maximum absolute atomic E-state index is 10.8. The number of hydrazone groups is 1. The Morgan fingerprint density at radius 1 is 1.29 bits per heavy atom. The first-order valence-electron chi connectivity index (χ1n) is 4.30. The molecule has 0 aliphatic carbocycles. The lowest BCUT2D eigenvalue weighted by molar-refractivity contribution is -0.141. The lowest BCUT2D eigenvalue weighted by atomic mass is 10.5. The van der Waals surface area contributed by atoms with Crippen LogP contribution in [0.4, 0.5) is 4.79 Å². The zero-order valence-corrected chi connectivity index (χ0v) is 8.28. The number of hydrogen-bond acceptors (Lipinski definition) is 5. The number of amides is 1. The van der Waals surface area contributed by atoms with E-state index in [1.807, 2.05) is 0 Å². The lowest BCUT2D eigenvalue weighted by Gasteiger charge is -1.98. The van der Waals surface area contributed by atoms with Crippen LogP contribution >= 0.6 is 0 Å². The predicted molar refractivity (Wildman–Crippen MR) is 49.9 cm³/mol. The van der Waals surface area contributed by atoms with Crippen molar-refractivity contribution in [2.45, 2.75) is 20.3 Å². The summed E-state index contributed by atoms with van der Waals surface area (Å²) in [6.07, 6.45) is 0.627. The highest BCUT2D eigenvalue weighted by atomic mass is 16.6. The van der Waals surface area contributed by atoms with E-state index in [4.69, 9.17) is 0 Å². The monoisotopic (exact) mass is 202 g/mol. The van der Waals surface area contributed by atoms with Gasteiger partial charge in [0.1, 0.15) is 0 Å². The molecule has 0 aromatic rings. The molecule has 0 saturated heterocycles. The molecule has 6 nitrogen and oxygen atoms in total. The minimum absolute atomic E-state index is 0.0280. The van der Waals surface area contributed by atoms with Gasteiger partial charge in [-0.3, -0.25) is 4.79 Å². The van der Waals surface area contributed by atoms with Gasteiger partial charge in [0.25, 0.3) is 0 Å². The van der Waals surface area contributed by atoms with Crippen molar-refractivity contribution in [1.29, 1.82) is 0 Å². The van der Waals surface area contributed by atoms with E-state index in [-0.39, 0.29) is 19.0 Å². The fraction of sp³-hybridized carbons (Fsp3) is 0.625. The van der Waals surface area contributed by atoms with E-state index in [2.05, 4.69) is 20.0 Å². The van der Waals surface area contributed by atoms with Crippen LogP contribution in [0, 0.1) is 0 Å². The van der Waals surface area contributed by atoms with E-state index in [1.54, 1.807) is 13.8 Å². The molecule has 0 atom stereocenters. The molecule has 0 spiro atoms. The third kappa shape index (κ3) is 7.08. The van der Waals surface area contributed by atoms with Gasteiger partial charge in [0.15, 0.2) is 0 Å². The molecule has 0 aromatic heterocycles. The molecule has 0 aliphatic rings. The van der Waals surface area contributed by atoms with Crippen LogP contribution in [-0.2, 0) is 14.3 Å². The maximum Gasteiger partial charge on any atom is 0.427 e. The van der Waals surface area contributed by atoms with Gasteiger partial charge in [-0.25, -0.2) is 10.2 Å². The number of rotatable bonds is 5. The number of carbonyl (C=O) groups is 2. The summed E-state index contributed by atoms with van der Waals surface area (Å²) in [5.41, 5.74) is 2.08. The largest absolute Gasteiger partial charge is 0.466 e. The second-order valence-corrected chi connectivity index (χ2v) is 2.15. The number of nitrogens with zero attached hydrogens (tertiary/aromatic N) is 1. The molecule has 0 rings (SSSR count). The van der Waals surface area contributed by atoms with E-state index >= 15 is 0 Å². The van der Waals surface area contributed by atoms with Gasteiger partial charge < -0.3 is 9.47 Å². The van der Waals surface area contributed by atoms with Crippen LogP contribution in [0.15, 0.2) is 5.10 Å². The summed E-state index contributed by atoms with van der Waals surface area (Å²) in [7, 11) is 0. The van der Waals surface area contributed by atoms with Crippen molar-refractivity contribution in [2.24, 2.45) is 5.10 Å². The van der Waals surface area contributed by atoms with Crippen molar-refractivity contribution in [3.63, 3.8) is 0 Å². The highest BCUT2D eigenvalue weighted by Gasteiger charge is 1.98. The molecule has 14 heavy (non-hydrogen) atoms. The molecule has 0 heterocycles. The van der Waals surface area contributed by atoms with Crippen molar-refractivity contribution < 1.29 is 19.1 Å². The van der Waals surface area contributed by atoms with Gasteiger partial charge in [-0.1, -0.05) is 0 Å². The smallest absolute Gasteiger partial charge is 0.427 e. The van der Waals surface area contributed by atoms with Crippen molar-refractivity contribution in [1.82, 2.24) is 5.43 Å². The average Bonchev–Trinajstić information content (AvgIpc) is 2.13. The zero-order chi connectivity index (χ0) is 10.8. The Hall–Kier alpha value is -1.59. The van der Waals surface area contributed by atoms with E-state index in [9.17, 15) is 9.59 Å². The number of ether oxygens (including phenoxy) is 2. The molecule has 0 radical (unpaired) electrons. The summed E-state index contributed by atoms with van der Waals surface area (Å²) in [4.78, 5) is 21.4. The van der Waals surface area contributed by atoms with Crippen LogP contribution in [0.3, 0.4) is 0 Å².